The van der Waals surface area contributed by atoms with Crippen LogP contribution in [-0.2, 0) is 0 Å². The fourth-order valence-electron chi connectivity index (χ4n) is 3.03. The van der Waals surface area contributed by atoms with E-state index in [2.05, 4.69) is 16.0 Å². The summed E-state index contributed by atoms with van der Waals surface area (Å²) in [7, 11) is 3.81. The van der Waals surface area contributed by atoms with Crippen LogP contribution in [-0.4, -0.2) is 38.6 Å². The van der Waals surface area contributed by atoms with Gasteiger partial charge in [-0.05, 0) is 38.0 Å². The number of hydrogen-bond donors (Lipinski definition) is 3. The number of nitrogens with one attached hydrogen (secondary N) is 3. The fraction of sp³-hybridized carbons (Fsp3) is 0.556. The van der Waals surface area contributed by atoms with E-state index in [1.165, 1.54) is 19.3 Å². The largest absolute Gasteiger partial charge is 0.377 e. The minimum absolute atomic E-state index is 0.0786. The molecule has 1 fully saturated rings. The molecule has 1 aliphatic carbocycles. The Kier molecular flexibility index (Phi) is 6.46. The summed E-state index contributed by atoms with van der Waals surface area (Å²) in [6, 6.07) is 5.39. The first kappa shape index (κ1) is 18.1. The minimum atomic E-state index is -0.270. The molecule has 24 heavy (non-hydrogen) atoms. The number of carbonyl (C=O) groups is 2. The Morgan fingerprint density at radius 2 is 1.88 bits per heavy atom. The van der Waals surface area contributed by atoms with E-state index in [0.717, 1.165) is 18.5 Å². The van der Waals surface area contributed by atoms with Crippen molar-refractivity contribution in [3.8, 4) is 0 Å². The first-order valence-corrected chi connectivity index (χ1v) is 8.68. The molecule has 0 bridgehead atoms. The maximum Gasteiger partial charge on any atom is 0.319 e. The van der Waals surface area contributed by atoms with E-state index >= 15 is 0 Å². The van der Waals surface area contributed by atoms with E-state index in [1.807, 2.05) is 38.1 Å². The van der Waals surface area contributed by atoms with Crippen LogP contribution >= 0.6 is 0 Å². The van der Waals surface area contributed by atoms with Crippen molar-refractivity contribution in [2.45, 2.75) is 45.1 Å². The Hall–Kier alpha value is -2.24. The molecule has 0 aliphatic heterocycles. The molecule has 0 atom stereocenters. The van der Waals surface area contributed by atoms with Gasteiger partial charge in [-0.2, -0.15) is 0 Å². The van der Waals surface area contributed by atoms with E-state index in [0.29, 0.717) is 17.8 Å². The highest BCUT2D eigenvalue weighted by atomic mass is 16.2. The molecule has 2 rings (SSSR count). The summed E-state index contributed by atoms with van der Waals surface area (Å²) in [4.78, 5) is 26.3. The van der Waals surface area contributed by atoms with Gasteiger partial charge < -0.3 is 20.9 Å². The lowest BCUT2D eigenvalue weighted by Gasteiger charge is -2.24. The molecule has 0 heterocycles. The van der Waals surface area contributed by atoms with Gasteiger partial charge in [-0.15, -0.1) is 0 Å². The second kappa shape index (κ2) is 8.57. The number of urea groups is 1. The van der Waals surface area contributed by atoms with Gasteiger partial charge >= 0.3 is 6.03 Å². The van der Waals surface area contributed by atoms with Gasteiger partial charge in [-0.1, -0.05) is 19.3 Å². The van der Waals surface area contributed by atoms with Crippen molar-refractivity contribution in [2.24, 2.45) is 0 Å². The van der Waals surface area contributed by atoms with Crippen molar-refractivity contribution in [3.05, 3.63) is 23.8 Å². The van der Waals surface area contributed by atoms with Gasteiger partial charge in [0.05, 0.1) is 5.56 Å². The number of anilines is 2. The monoisotopic (exact) mass is 332 g/mol. The third-order valence-corrected chi connectivity index (χ3v) is 4.26. The molecule has 1 saturated carbocycles. The highest BCUT2D eigenvalue weighted by Gasteiger charge is 2.20. The fourth-order valence-corrected chi connectivity index (χ4v) is 3.03. The Balaban J connectivity index is 2.17. The van der Waals surface area contributed by atoms with E-state index in [-0.39, 0.29) is 18.0 Å². The van der Waals surface area contributed by atoms with E-state index in [4.69, 9.17) is 0 Å². The lowest BCUT2D eigenvalue weighted by molar-refractivity contribution is 0.0928. The number of rotatable bonds is 5. The van der Waals surface area contributed by atoms with Crippen molar-refractivity contribution >= 4 is 23.3 Å². The Morgan fingerprint density at radius 1 is 1.17 bits per heavy atom. The standard InChI is InChI=1S/C18H28N4O2/c1-4-19-18(24)21-14-10-11-16(22(2)3)15(12-14)17(23)20-13-8-6-5-7-9-13/h10-13H,4-9H2,1-3H3,(H,20,23)(H2,19,21,24). The van der Waals surface area contributed by atoms with Crippen LogP contribution in [0.25, 0.3) is 0 Å². The lowest BCUT2D eigenvalue weighted by Crippen LogP contribution is -2.37. The van der Waals surface area contributed by atoms with E-state index in [9.17, 15) is 9.59 Å². The van der Waals surface area contributed by atoms with Crippen LogP contribution in [0.1, 0.15) is 49.4 Å². The van der Waals surface area contributed by atoms with Gasteiger partial charge in [0.1, 0.15) is 0 Å². The second-order valence-electron chi connectivity index (χ2n) is 6.42. The molecule has 3 N–H and O–H groups in total. The number of amides is 3. The van der Waals surface area contributed by atoms with Crippen LogP contribution < -0.4 is 20.9 Å². The van der Waals surface area contributed by atoms with Crippen LogP contribution in [0.4, 0.5) is 16.2 Å². The normalized spacial score (nSPS) is 14.8. The van der Waals surface area contributed by atoms with Crippen LogP contribution in [0.15, 0.2) is 18.2 Å². The average molecular weight is 332 g/mol. The van der Waals surface area contributed by atoms with Gasteiger partial charge in [0.25, 0.3) is 5.91 Å². The van der Waals surface area contributed by atoms with Crippen molar-refractivity contribution in [3.63, 3.8) is 0 Å². The zero-order valence-corrected chi connectivity index (χ0v) is 14.8. The molecule has 1 aliphatic rings. The number of carbonyl (C=O) groups excluding carboxylic acids is 2. The highest BCUT2D eigenvalue weighted by Crippen LogP contribution is 2.24. The maximum absolute atomic E-state index is 12.7. The van der Waals surface area contributed by atoms with Crippen LogP contribution in [0.3, 0.4) is 0 Å². The lowest BCUT2D eigenvalue weighted by atomic mass is 9.95. The molecule has 0 aromatic heterocycles. The van der Waals surface area contributed by atoms with E-state index in [1.54, 1.807) is 6.07 Å². The SMILES string of the molecule is CCNC(=O)Nc1ccc(N(C)C)c(C(=O)NC2CCCCC2)c1. The summed E-state index contributed by atoms with van der Waals surface area (Å²) in [6.45, 7) is 2.41. The summed E-state index contributed by atoms with van der Waals surface area (Å²) in [5.41, 5.74) is 2.03. The summed E-state index contributed by atoms with van der Waals surface area (Å²) >= 11 is 0. The van der Waals surface area contributed by atoms with Crippen LogP contribution in [0, 0.1) is 0 Å². The summed E-state index contributed by atoms with van der Waals surface area (Å²) in [6.07, 6.45) is 5.68. The van der Waals surface area contributed by atoms with E-state index < -0.39 is 0 Å². The van der Waals surface area contributed by atoms with Crippen LogP contribution in [0.5, 0.6) is 0 Å². The molecule has 6 nitrogen and oxygen atoms in total. The molecule has 0 radical (unpaired) electrons. The Labute approximate surface area is 144 Å². The Bertz CT molecular complexity index is 580. The van der Waals surface area contributed by atoms with Crippen molar-refractivity contribution in [2.75, 3.05) is 30.9 Å². The maximum atomic E-state index is 12.7. The third kappa shape index (κ3) is 4.88. The molecule has 1 aromatic rings. The molecule has 132 valence electrons. The van der Waals surface area contributed by atoms with Crippen molar-refractivity contribution in [1.29, 1.82) is 0 Å². The highest BCUT2D eigenvalue weighted by molar-refractivity contribution is 6.02. The quantitative estimate of drug-likeness (QED) is 0.776. The van der Waals surface area contributed by atoms with Crippen LogP contribution in [0.2, 0.25) is 0 Å². The summed E-state index contributed by atoms with van der Waals surface area (Å²) < 4.78 is 0. The molecule has 0 spiro atoms. The summed E-state index contributed by atoms with van der Waals surface area (Å²) in [5.74, 6) is -0.0786. The number of hydrogen-bond acceptors (Lipinski definition) is 3. The molecule has 0 unspecified atom stereocenters. The van der Waals surface area contributed by atoms with Crippen molar-refractivity contribution < 1.29 is 9.59 Å². The number of nitrogens with zero attached hydrogens (tertiary/aromatic N) is 1. The average Bonchev–Trinajstić information content (AvgIpc) is 2.55. The van der Waals surface area contributed by atoms with Gasteiger partial charge in [0, 0.05) is 38.1 Å². The number of benzene rings is 1. The molecule has 0 saturated heterocycles. The topological polar surface area (TPSA) is 73.5 Å². The molecular weight excluding hydrogens is 304 g/mol. The van der Waals surface area contributed by atoms with Gasteiger partial charge in [0.2, 0.25) is 0 Å². The molecule has 1 aromatic carbocycles. The smallest absolute Gasteiger partial charge is 0.319 e. The zero-order chi connectivity index (χ0) is 17.5. The third-order valence-electron chi connectivity index (χ3n) is 4.26. The zero-order valence-electron chi connectivity index (χ0n) is 14.8. The minimum Gasteiger partial charge on any atom is -0.377 e. The summed E-state index contributed by atoms with van der Waals surface area (Å²) in [5, 5.41) is 8.59. The van der Waals surface area contributed by atoms with Gasteiger partial charge in [-0.25, -0.2) is 4.79 Å². The second-order valence-corrected chi connectivity index (χ2v) is 6.42. The molecule has 3 amide bonds. The van der Waals surface area contributed by atoms with Gasteiger partial charge in [-0.3, -0.25) is 4.79 Å². The first-order valence-electron chi connectivity index (χ1n) is 8.68. The van der Waals surface area contributed by atoms with Crippen molar-refractivity contribution in [1.82, 2.24) is 10.6 Å². The predicted molar refractivity (Wildman–Crippen MR) is 97.8 cm³/mol. The molecule has 6 heteroatoms. The van der Waals surface area contributed by atoms with Gasteiger partial charge in [0.15, 0.2) is 0 Å². The Morgan fingerprint density at radius 3 is 2.50 bits per heavy atom. The first-order chi connectivity index (χ1) is 11.5. The molecular formula is C18H28N4O2. The predicted octanol–water partition coefficient (Wildman–Crippen LogP) is 2.96.